The van der Waals surface area contributed by atoms with Crippen LogP contribution in [0, 0.1) is 0 Å². The summed E-state index contributed by atoms with van der Waals surface area (Å²) in [5, 5.41) is 5.60. The van der Waals surface area contributed by atoms with Gasteiger partial charge in [0, 0.05) is 31.1 Å². The summed E-state index contributed by atoms with van der Waals surface area (Å²) < 4.78 is 11.2. The zero-order valence-corrected chi connectivity index (χ0v) is 34.0. The van der Waals surface area contributed by atoms with Gasteiger partial charge in [-0.25, -0.2) is 14.8 Å². The summed E-state index contributed by atoms with van der Waals surface area (Å²) in [7, 11) is 1.85. The van der Waals surface area contributed by atoms with Gasteiger partial charge < -0.3 is 36.5 Å². The number of hydrogen-bond acceptors (Lipinski definition) is 13. The molecular formula is C41H55N9O6. The summed E-state index contributed by atoms with van der Waals surface area (Å²) in [6.45, 7) is 17.1. The molecule has 2 amide bonds. The fourth-order valence-corrected chi connectivity index (χ4v) is 5.66. The Hall–Kier alpha value is -5.86. The second-order valence-electron chi connectivity index (χ2n) is 16.8. The molecule has 0 aliphatic rings. The fraction of sp³-hybridized carbons (Fsp3) is 0.463. The number of anilines is 3. The van der Waals surface area contributed by atoms with E-state index in [9.17, 15) is 19.2 Å². The van der Waals surface area contributed by atoms with Gasteiger partial charge in [-0.1, -0.05) is 45.0 Å². The number of rotatable bonds is 13. The predicted octanol–water partition coefficient (Wildman–Crippen LogP) is 4.81. The third-order valence-electron chi connectivity index (χ3n) is 8.39. The van der Waals surface area contributed by atoms with Crippen molar-refractivity contribution in [3.8, 4) is 0 Å². The smallest absolute Gasteiger partial charge is 0.329 e. The number of nitrogens with zero attached hydrogens (tertiary/aromatic N) is 5. The Morgan fingerprint density at radius 2 is 1.48 bits per heavy atom. The Balaban J connectivity index is 1.53. The third kappa shape index (κ3) is 12.6. The standard InChI is InChI=1S/C41H55N9O6/c1-39(2,3)26-13-11-12-24(20-26)21-30(37(54)56-41(7,8)9)47-36(53)29(18-19-31(51)55-40(4,5)6)46-35(52)25-14-16-28(17-15-25)50(10)23-27-22-44-34-32(45-27)33(42)48-38(43)49-34/h11-17,20,22,29-30H,18-19,21,23H2,1-10H3,(H,46,52)(H,47,53)(H4,42,43,44,48,49)/t29-,30-/m0/s1. The first-order valence-corrected chi connectivity index (χ1v) is 18.5. The van der Waals surface area contributed by atoms with Gasteiger partial charge in [0.1, 0.15) is 23.3 Å². The average Bonchev–Trinajstić information content (AvgIpc) is 3.08. The van der Waals surface area contributed by atoms with Gasteiger partial charge in [-0.2, -0.15) is 9.97 Å². The maximum Gasteiger partial charge on any atom is 0.329 e. The molecule has 15 nitrogen and oxygen atoms in total. The molecule has 300 valence electrons. The normalized spacial score (nSPS) is 13.0. The molecule has 0 aliphatic heterocycles. The van der Waals surface area contributed by atoms with Crippen LogP contribution in [0.2, 0.25) is 0 Å². The van der Waals surface area contributed by atoms with E-state index in [-0.39, 0.29) is 42.0 Å². The Kier molecular flexibility index (Phi) is 13.2. The van der Waals surface area contributed by atoms with E-state index in [4.69, 9.17) is 20.9 Å². The monoisotopic (exact) mass is 769 g/mol. The van der Waals surface area contributed by atoms with Gasteiger partial charge in [-0.15, -0.1) is 0 Å². The first-order valence-electron chi connectivity index (χ1n) is 18.5. The van der Waals surface area contributed by atoms with Crippen molar-refractivity contribution >= 4 is 52.4 Å². The molecule has 0 aliphatic carbocycles. The largest absolute Gasteiger partial charge is 0.460 e. The van der Waals surface area contributed by atoms with Crippen LogP contribution in [0.1, 0.15) is 102 Å². The van der Waals surface area contributed by atoms with Crippen LogP contribution in [0.3, 0.4) is 0 Å². The number of carbonyl (C=O) groups is 4. The summed E-state index contributed by atoms with van der Waals surface area (Å²) in [6.07, 6.45) is 1.48. The molecule has 6 N–H and O–H groups in total. The molecule has 0 unspecified atom stereocenters. The van der Waals surface area contributed by atoms with E-state index >= 15 is 0 Å². The predicted molar refractivity (Wildman–Crippen MR) is 215 cm³/mol. The van der Waals surface area contributed by atoms with E-state index in [1.807, 2.05) is 36.2 Å². The average molecular weight is 770 g/mol. The van der Waals surface area contributed by atoms with Crippen LogP contribution < -0.4 is 27.0 Å². The van der Waals surface area contributed by atoms with Gasteiger partial charge in [-0.05, 0) is 88.8 Å². The minimum absolute atomic E-state index is 0.0102. The van der Waals surface area contributed by atoms with Crippen LogP contribution in [0.15, 0.2) is 54.7 Å². The quantitative estimate of drug-likeness (QED) is 0.135. The number of benzene rings is 2. The summed E-state index contributed by atoms with van der Waals surface area (Å²) in [6, 6.07) is 12.3. The molecule has 2 atom stereocenters. The molecule has 15 heteroatoms. The van der Waals surface area contributed by atoms with Crippen molar-refractivity contribution in [2.24, 2.45) is 0 Å². The van der Waals surface area contributed by atoms with Gasteiger partial charge in [0.25, 0.3) is 5.91 Å². The van der Waals surface area contributed by atoms with Gasteiger partial charge in [0.05, 0.1) is 18.4 Å². The Morgan fingerprint density at radius 1 is 0.821 bits per heavy atom. The van der Waals surface area contributed by atoms with Crippen LogP contribution in [0.4, 0.5) is 17.5 Å². The Morgan fingerprint density at radius 3 is 2.11 bits per heavy atom. The lowest BCUT2D eigenvalue weighted by atomic mass is 9.85. The fourth-order valence-electron chi connectivity index (χ4n) is 5.66. The lowest BCUT2D eigenvalue weighted by molar-refractivity contribution is -0.159. The van der Waals surface area contributed by atoms with Gasteiger partial charge in [-0.3, -0.25) is 14.4 Å². The molecule has 2 aromatic carbocycles. The molecule has 56 heavy (non-hydrogen) atoms. The second kappa shape index (κ2) is 17.3. The van der Waals surface area contributed by atoms with Crippen molar-refractivity contribution in [3.05, 3.63) is 77.1 Å². The molecule has 0 saturated heterocycles. The zero-order chi connectivity index (χ0) is 41.6. The van der Waals surface area contributed by atoms with Gasteiger partial charge in [0.2, 0.25) is 11.9 Å². The maximum atomic E-state index is 14.0. The number of esters is 2. The molecule has 4 aromatic rings. The number of amides is 2. The number of ether oxygens (including phenoxy) is 2. The number of aromatic nitrogens is 4. The van der Waals surface area contributed by atoms with Crippen LogP contribution in [0.5, 0.6) is 0 Å². The number of carbonyl (C=O) groups excluding carboxylic acids is 4. The van der Waals surface area contributed by atoms with Crippen LogP contribution >= 0.6 is 0 Å². The molecule has 4 rings (SSSR count). The van der Waals surface area contributed by atoms with Crippen molar-refractivity contribution in [2.45, 2.75) is 117 Å². The highest BCUT2D eigenvalue weighted by Gasteiger charge is 2.32. The van der Waals surface area contributed by atoms with E-state index < -0.39 is 47.0 Å². The van der Waals surface area contributed by atoms with Crippen LogP contribution in [0.25, 0.3) is 11.2 Å². The van der Waals surface area contributed by atoms with E-state index in [1.54, 1.807) is 72.0 Å². The van der Waals surface area contributed by atoms with Crippen molar-refractivity contribution < 1.29 is 28.7 Å². The second-order valence-corrected chi connectivity index (χ2v) is 16.8. The van der Waals surface area contributed by atoms with Crippen molar-refractivity contribution in [1.29, 1.82) is 0 Å². The number of nitrogens with one attached hydrogen (secondary N) is 2. The summed E-state index contributed by atoms with van der Waals surface area (Å²) in [5.74, 6) is -2.22. The van der Waals surface area contributed by atoms with Crippen molar-refractivity contribution in [3.63, 3.8) is 0 Å². The summed E-state index contributed by atoms with van der Waals surface area (Å²) >= 11 is 0. The lowest BCUT2D eigenvalue weighted by Crippen LogP contribution is -2.53. The van der Waals surface area contributed by atoms with Crippen LogP contribution in [-0.4, -0.2) is 74.0 Å². The number of fused-ring (bicyclic) bond motifs is 1. The first-order chi connectivity index (χ1) is 26.0. The van der Waals surface area contributed by atoms with Crippen LogP contribution in [-0.2, 0) is 42.2 Å². The number of nitrogens with two attached hydrogens (primary N) is 2. The molecule has 0 bridgehead atoms. The molecule has 0 saturated carbocycles. The zero-order valence-electron chi connectivity index (χ0n) is 34.0. The minimum Gasteiger partial charge on any atom is -0.460 e. The number of nitrogen functional groups attached to an aromatic ring is 2. The van der Waals surface area contributed by atoms with Gasteiger partial charge >= 0.3 is 11.9 Å². The van der Waals surface area contributed by atoms with E-state index in [2.05, 4.69) is 51.3 Å². The molecule has 0 radical (unpaired) electrons. The maximum absolute atomic E-state index is 14.0. The van der Waals surface area contributed by atoms with Gasteiger partial charge in [0.15, 0.2) is 17.0 Å². The lowest BCUT2D eigenvalue weighted by Gasteiger charge is -2.27. The Bertz CT molecular complexity index is 2050. The van der Waals surface area contributed by atoms with E-state index in [0.717, 1.165) is 16.8 Å². The highest BCUT2D eigenvalue weighted by Crippen LogP contribution is 2.24. The molecule has 0 fully saturated rings. The number of hydrogen-bond donors (Lipinski definition) is 4. The first kappa shape index (κ1) is 42.9. The highest BCUT2D eigenvalue weighted by atomic mass is 16.6. The summed E-state index contributed by atoms with van der Waals surface area (Å²) in [4.78, 5) is 72.7. The molecule has 2 heterocycles. The summed E-state index contributed by atoms with van der Waals surface area (Å²) in [5.41, 5.74) is 14.1. The van der Waals surface area contributed by atoms with Crippen molar-refractivity contribution in [1.82, 2.24) is 30.6 Å². The van der Waals surface area contributed by atoms with Crippen molar-refractivity contribution in [2.75, 3.05) is 23.4 Å². The SMILES string of the molecule is CN(Cc1cnc2nc(N)nc(N)c2n1)c1ccc(C(=O)N[C@@H](CCC(=O)OC(C)(C)C)C(=O)N[C@@H](Cc2cccc(C(C)(C)C)c2)C(=O)OC(C)(C)C)cc1. The molecular weight excluding hydrogens is 715 g/mol. The molecule has 0 spiro atoms. The van der Waals surface area contributed by atoms with E-state index in [0.29, 0.717) is 23.4 Å². The topological polar surface area (TPSA) is 218 Å². The van der Waals surface area contributed by atoms with E-state index in [1.165, 1.54) is 0 Å². The minimum atomic E-state index is -1.19. The third-order valence-corrected chi connectivity index (χ3v) is 8.39. The Labute approximate surface area is 328 Å². The molecule has 2 aromatic heterocycles. The highest BCUT2D eigenvalue weighted by molar-refractivity contribution is 5.98.